The van der Waals surface area contributed by atoms with Crippen molar-refractivity contribution in [2.24, 2.45) is 7.05 Å². The van der Waals surface area contributed by atoms with Crippen molar-refractivity contribution in [3.63, 3.8) is 0 Å². The second kappa shape index (κ2) is 9.25. The van der Waals surface area contributed by atoms with Crippen molar-refractivity contribution in [3.8, 4) is 0 Å². The SMILES string of the molecule is CCCN(Cc1ccc(C(O)(C=C(C)C)C=C(C)C)o1)Cc1cccn1C. The summed E-state index contributed by atoms with van der Waals surface area (Å²) in [5.41, 5.74) is 2.17. The molecular weight excluding hydrogens is 336 g/mol. The summed E-state index contributed by atoms with van der Waals surface area (Å²) < 4.78 is 8.24. The number of aliphatic hydroxyl groups is 1. The molecule has 0 bridgehead atoms. The molecule has 4 heteroatoms. The predicted molar refractivity (Wildman–Crippen MR) is 111 cm³/mol. The molecule has 0 radical (unpaired) electrons. The van der Waals surface area contributed by atoms with Crippen LogP contribution in [0.1, 0.15) is 58.3 Å². The summed E-state index contributed by atoms with van der Waals surface area (Å²) >= 11 is 0. The molecular formula is C23H34N2O2. The Hall–Kier alpha value is -2.04. The Morgan fingerprint density at radius 2 is 1.78 bits per heavy atom. The van der Waals surface area contributed by atoms with Crippen molar-refractivity contribution in [2.75, 3.05) is 6.54 Å². The van der Waals surface area contributed by atoms with E-state index in [9.17, 15) is 5.11 Å². The highest BCUT2D eigenvalue weighted by atomic mass is 16.4. The van der Waals surface area contributed by atoms with Crippen molar-refractivity contribution in [2.45, 2.75) is 59.7 Å². The lowest BCUT2D eigenvalue weighted by atomic mass is 9.95. The lowest BCUT2D eigenvalue weighted by Gasteiger charge is -2.22. The van der Waals surface area contributed by atoms with E-state index >= 15 is 0 Å². The third-order valence-electron chi connectivity index (χ3n) is 4.43. The Kier molecular flexibility index (Phi) is 7.28. The Balaban J connectivity index is 2.22. The van der Waals surface area contributed by atoms with Gasteiger partial charge in [0, 0.05) is 25.5 Å². The molecule has 0 fully saturated rings. The standard InChI is InChI=1S/C23H34N2O2/c1-7-12-25(16-20-9-8-13-24(20)6)17-21-10-11-22(27-21)23(26,14-18(2)3)15-19(4)5/h8-11,13-15,26H,7,12,16-17H2,1-6H3. The van der Waals surface area contributed by atoms with Crippen LogP contribution in [-0.2, 0) is 25.7 Å². The Morgan fingerprint density at radius 3 is 2.30 bits per heavy atom. The van der Waals surface area contributed by atoms with E-state index in [1.807, 2.05) is 52.0 Å². The van der Waals surface area contributed by atoms with Gasteiger partial charge in [-0.25, -0.2) is 0 Å². The van der Waals surface area contributed by atoms with Gasteiger partial charge in [-0.1, -0.05) is 18.1 Å². The van der Waals surface area contributed by atoms with E-state index in [1.165, 1.54) is 5.69 Å². The number of nitrogens with zero attached hydrogens (tertiary/aromatic N) is 2. The number of furan rings is 1. The first kappa shape index (κ1) is 21.3. The van der Waals surface area contributed by atoms with Gasteiger partial charge in [0.25, 0.3) is 0 Å². The van der Waals surface area contributed by atoms with Crippen LogP contribution in [0.3, 0.4) is 0 Å². The van der Waals surface area contributed by atoms with Crippen molar-refractivity contribution in [3.05, 3.63) is 71.0 Å². The molecule has 2 aromatic rings. The highest BCUT2D eigenvalue weighted by Crippen LogP contribution is 2.29. The van der Waals surface area contributed by atoms with Crippen molar-refractivity contribution >= 4 is 0 Å². The zero-order valence-corrected chi connectivity index (χ0v) is 17.6. The molecule has 0 aliphatic carbocycles. The molecule has 0 saturated carbocycles. The Bertz CT molecular complexity index is 769. The van der Waals surface area contributed by atoms with Crippen LogP contribution in [0.2, 0.25) is 0 Å². The van der Waals surface area contributed by atoms with E-state index < -0.39 is 5.60 Å². The highest BCUT2D eigenvalue weighted by molar-refractivity contribution is 5.30. The van der Waals surface area contributed by atoms with Crippen LogP contribution >= 0.6 is 0 Å². The van der Waals surface area contributed by atoms with E-state index in [-0.39, 0.29) is 0 Å². The Morgan fingerprint density at radius 1 is 1.11 bits per heavy atom. The average Bonchev–Trinajstić information content (AvgIpc) is 3.16. The van der Waals surface area contributed by atoms with Gasteiger partial charge in [0.1, 0.15) is 11.5 Å². The molecule has 4 nitrogen and oxygen atoms in total. The zero-order valence-electron chi connectivity index (χ0n) is 17.6. The van der Waals surface area contributed by atoms with Crippen LogP contribution in [0.4, 0.5) is 0 Å². The van der Waals surface area contributed by atoms with Gasteiger partial charge in [0.15, 0.2) is 5.60 Å². The first-order valence-corrected chi connectivity index (χ1v) is 9.69. The molecule has 0 unspecified atom stereocenters. The molecule has 2 aromatic heterocycles. The number of aryl methyl sites for hydroxylation is 1. The fourth-order valence-electron chi connectivity index (χ4n) is 3.38. The van der Waals surface area contributed by atoms with Gasteiger partial charge in [-0.05, 0) is 77.1 Å². The van der Waals surface area contributed by atoms with Gasteiger partial charge in [0.2, 0.25) is 0 Å². The summed E-state index contributed by atoms with van der Waals surface area (Å²) in [5, 5.41) is 11.2. The molecule has 148 valence electrons. The molecule has 2 heterocycles. The maximum Gasteiger partial charge on any atom is 0.159 e. The summed E-state index contributed by atoms with van der Waals surface area (Å²) in [6.07, 6.45) is 6.84. The van der Waals surface area contributed by atoms with Crippen LogP contribution in [0.25, 0.3) is 0 Å². The van der Waals surface area contributed by atoms with Gasteiger partial charge in [-0.2, -0.15) is 0 Å². The Labute approximate surface area is 163 Å². The van der Waals surface area contributed by atoms with Gasteiger partial charge in [0.05, 0.1) is 6.54 Å². The van der Waals surface area contributed by atoms with Crippen LogP contribution in [0.5, 0.6) is 0 Å². The lowest BCUT2D eigenvalue weighted by Crippen LogP contribution is -2.24. The highest BCUT2D eigenvalue weighted by Gasteiger charge is 2.28. The van der Waals surface area contributed by atoms with Crippen LogP contribution in [0.15, 0.2) is 58.2 Å². The van der Waals surface area contributed by atoms with Crippen LogP contribution in [0, 0.1) is 0 Å². The smallest absolute Gasteiger partial charge is 0.159 e. The summed E-state index contributed by atoms with van der Waals surface area (Å²) in [7, 11) is 2.07. The quantitative estimate of drug-likeness (QED) is 0.621. The minimum Gasteiger partial charge on any atom is -0.461 e. The maximum absolute atomic E-state index is 11.2. The van der Waals surface area contributed by atoms with Gasteiger partial charge in [-0.15, -0.1) is 0 Å². The number of hydrogen-bond donors (Lipinski definition) is 1. The summed E-state index contributed by atoms with van der Waals surface area (Å²) in [6, 6.07) is 8.09. The van der Waals surface area contributed by atoms with Gasteiger partial charge >= 0.3 is 0 Å². The minimum absolute atomic E-state index is 0.565. The minimum atomic E-state index is -1.20. The molecule has 0 aliphatic rings. The largest absolute Gasteiger partial charge is 0.461 e. The third kappa shape index (κ3) is 5.98. The van der Waals surface area contributed by atoms with Crippen LogP contribution in [-0.4, -0.2) is 21.1 Å². The van der Waals surface area contributed by atoms with E-state index in [2.05, 4.69) is 41.8 Å². The zero-order chi connectivity index (χ0) is 20.0. The fraction of sp³-hybridized carbons (Fsp3) is 0.478. The second-order valence-corrected chi connectivity index (χ2v) is 7.86. The molecule has 0 spiro atoms. The molecule has 0 saturated heterocycles. The van der Waals surface area contributed by atoms with Gasteiger partial charge < -0.3 is 14.1 Å². The van der Waals surface area contributed by atoms with E-state index in [4.69, 9.17) is 4.42 Å². The lowest BCUT2D eigenvalue weighted by molar-refractivity contribution is 0.109. The predicted octanol–water partition coefficient (Wildman–Crippen LogP) is 5.15. The summed E-state index contributed by atoms with van der Waals surface area (Å²) in [4.78, 5) is 2.37. The first-order valence-electron chi connectivity index (χ1n) is 9.69. The molecule has 0 amide bonds. The van der Waals surface area contributed by atoms with E-state index in [1.54, 1.807) is 0 Å². The van der Waals surface area contributed by atoms with E-state index in [0.717, 1.165) is 43.0 Å². The molecule has 1 N–H and O–H groups in total. The number of rotatable bonds is 9. The second-order valence-electron chi connectivity index (χ2n) is 7.86. The third-order valence-corrected chi connectivity index (χ3v) is 4.43. The van der Waals surface area contributed by atoms with Gasteiger partial charge in [-0.3, -0.25) is 4.90 Å². The topological polar surface area (TPSA) is 41.5 Å². The number of hydrogen-bond acceptors (Lipinski definition) is 3. The molecule has 0 aromatic carbocycles. The number of allylic oxidation sites excluding steroid dienone is 2. The summed E-state index contributed by atoms with van der Waals surface area (Å²) in [5.74, 6) is 1.44. The molecule has 0 aliphatic heterocycles. The van der Waals surface area contributed by atoms with Crippen molar-refractivity contribution < 1.29 is 9.52 Å². The number of aromatic nitrogens is 1. The molecule has 27 heavy (non-hydrogen) atoms. The molecule has 2 rings (SSSR count). The van der Waals surface area contributed by atoms with Crippen molar-refractivity contribution in [1.29, 1.82) is 0 Å². The van der Waals surface area contributed by atoms with E-state index in [0.29, 0.717) is 5.76 Å². The molecule has 0 atom stereocenters. The normalized spacial score (nSPS) is 11.7. The van der Waals surface area contributed by atoms with Crippen LogP contribution < -0.4 is 0 Å². The fourth-order valence-corrected chi connectivity index (χ4v) is 3.38. The summed E-state index contributed by atoms with van der Waals surface area (Å²) in [6.45, 7) is 12.7. The average molecular weight is 371 g/mol. The van der Waals surface area contributed by atoms with Crippen molar-refractivity contribution in [1.82, 2.24) is 9.47 Å². The first-order chi connectivity index (χ1) is 12.7. The maximum atomic E-state index is 11.2. The monoisotopic (exact) mass is 370 g/mol.